The molecule has 2 rings (SSSR count). The monoisotopic (exact) mass is 224 g/mol. The number of pyridine rings is 1. The van der Waals surface area contributed by atoms with E-state index in [-0.39, 0.29) is 11.3 Å². The second-order valence-electron chi connectivity index (χ2n) is 3.90. The average molecular weight is 225 g/mol. The Bertz CT molecular complexity index is 406. The quantitative estimate of drug-likeness (QED) is 0.684. The summed E-state index contributed by atoms with van der Waals surface area (Å²) in [6, 6.07) is 1.98. The van der Waals surface area contributed by atoms with Crippen LogP contribution in [0.15, 0.2) is 12.3 Å². The maximum atomic E-state index is 11.6. The lowest BCUT2D eigenvalue weighted by Crippen LogP contribution is -2.24. The van der Waals surface area contributed by atoms with E-state index in [0.717, 1.165) is 16.9 Å². The molecule has 1 amide bonds. The highest BCUT2D eigenvalue weighted by Gasteiger charge is 2.29. The Balaban J connectivity index is 2.30. The molecule has 1 aliphatic rings. The molecule has 1 aliphatic heterocycles. The summed E-state index contributed by atoms with van der Waals surface area (Å²) in [5.74, 6) is 0.0834. The molecule has 15 heavy (non-hydrogen) atoms. The minimum atomic E-state index is -0.0703. The van der Waals surface area contributed by atoms with Gasteiger partial charge in [-0.2, -0.15) is 0 Å². The van der Waals surface area contributed by atoms with Crippen LogP contribution in [0.1, 0.15) is 17.7 Å². The van der Waals surface area contributed by atoms with E-state index < -0.39 is 0 Å². The first-order chi connectivity index (χ1) is 7.08. The average Bonchev–Trinajstić information content (AvgIpc) is 2.50. The van der Waals surface area contributed by atoms with E-state index in [4.69, 9.17) is 11.6 Å². The number of aromatic nitrogens is 1. The first kappa shape index (κ1) is 10.4. The maximum Gasteiger partial charge on any atom is 0.228 e. The first-order valence-corrected chi connectivity index (χ1v) is 5.39. The number of halogens is 1. The van der Waals surface area contributed by atoms with Gasteiger partial charge in [-0.3, -0.25) is 9.78 Å². The highest BCUT2D eigenvalue weighted by atomic mass is 35.5. The lowest BCUT2D eigenvalue weighted by Gasteiger charge is -2.16. The molecule has 80 valence electrons. The van der Waals surface area contributed by atoms with E-state index in [1.165, 1.54) is 0 Å². The number of alkyl halides is 1. The van der Waals surface area contributed by atoms with Crippen LogP contribution in [-0.2, 0) is 4.79 Å². The number of hydrogen-bond donors (Lipinski definition) is 0. The van der Waals surface area contributed by atoms with Crippen LogP contribution >= 0.6 is 11.6 Å². The third kappa shape index (κ3) is 1.97. The lowest BCUT2D eigenvalue weighted by molar-refractivity contribution is -0.117. The molecular formula is C11H13ClN2O. The highest BCUT2D eigenvalue weighted by molar-refractivity contribution is 6.24. The second kappa shape index (κ2) is 3.81. The Hall–Kier alpha value is -1.09. The molecule has 1 atom stereocenters. The summed E-state index contributed by atoms with van der Waals surface area (Å²) in [5.41, 5.74) is 2.94. The van der Waals surface area contributed by atoms with Gasteiger partial charge in [0.25, 0.3) is 0 Å². The van der Waals surface area contributed by atoms with Crippen LogP contribution in [0.25, 0.3) is 0 Å². The van der Waals surface area contributed by atoms with Crippen LogP contribution in [0.4, 0.5) is 5.69 Å². The number of hydrogen-bond acceptors (Lipinski definition) is 2. The van der Waals surface area contributed by atoms with Gasteiger partial charge in [0, 0.05) is 18.7 Å². The molecule has 2 heterocycles. The van der Waals surface area contributed by atoms with Crippen molar-refractivity contribution >= 4 is 23.2 Å². The summed E-state index contributed by atoms with van der Waals surface area (Å²) in [7, 11) is 0. The molecule has 3 nitrogen and oxygen atoms in total. The summed E-state index contributed by atoms with van der Waals surface area (Å²) in [4.78, 5) is 17.5. The molecule has 1 aromatic rings. The normalized spacial score (nSPS) is 21.1. The smallest absolute Gasteiger partial charge is 0.228 e. The Morgan fingerprint density at radius 3 is 2.80 bits per heavy atom. The minimum absolute atomic E-state index is 0.0703. The summed E-state index contributed by atoms with van der Waals surface area (Å²) < 4.78 is 0. The molecule has 0 bridgehead atoms. The number of nitrogens with zero attached hydrogens (tertiary/aromatic N) is 2. The van der Waals surface area contributed by atoms with Crippen LogP contribution in [0.3, 0.4) is 0 Å². The molecule has 1 saturated heterocycles. The van der Waals surface area contributed by atoms with Crippen LogP contribution in [0.2, 0.25) is 0 Å². The maximum absolute atomic E-state index is 11.6. The molecule has 0 radical (unpaired) electrons. The predicted molar refractivity (Wildman–Crippen MR) is 60.3 cm³/mol. The van der Waals surface area contributed by atoms with E-state index in [0.29, 0.717) is 13.0 Å². The van der Waals surface area contributed by atoms with E-state index in [1.54, 1.807) is 11.1 Å². The van der Waals surface area contributed by atoms with Gasteiger partial charge in [0.1, 0.15) is 0 Å². The van der Waals surface area contributed by atoms with Gasteiger partial charge >= 0.3 is 0 Å². The van der Waals surface area contributed by atoms with E-state index >= 15 is 0 Å². The summed E-state index contributed by atoms with van der Waals surface area (Å²) in [5, 5.41) is -0.0703. The van der Waals surface area contributed by atoms with E-state index in [2.05, 4.69) is 4.98 Å². The third-order valence-corrected chi connectivity index (χ3v) is 3.01. The topological polar surface area (TPSA) is 33.2 Å². The molecule has 0 N–H and O–H groups in total. The molecule has 1 aromatic heterocycles. The number of carbonyl (C=O) groups excluding carboxylic acids is 1. The SMILES string of the molecule is Cc1cc(N2CC(Cl)CC2=O)cnc1C. The zero-order chi connectivity index (χ0) is 11.0. The summed E-state index contributed by atoms with van der Waals surface area (Å²) in [6.07, 6.45) is 2.16. The van der Waals surface area contributed by atoms with Crippen molar-refractivity contribution in [2.45, 2.75) is 25.6 Å². The van der Waals surface area contributed by atoms with Crippen molar-refractivity contribution in [2.24, 2.45) is 0 Å². The lowest BCUT2D eigenvalue weighted by atomic mass is 10.2. The Kier molecular flexibility index (Phi) is 2.65. The first-order valence-electron chi connectivity index (χ1n) is 4.95. The van der Waals surface area contributed by atoms with Gasteiger partial charge in [0.15, 0.2) is 0 Å². The van der Waals surface area contributed by atoms with Crippen molar-refractivity contribution in [1.82, 2.24) is 4.98 Å². The van der Waals surface area contributed by atoms with Gasteiger partial charge in [-0.25, -0.2) is 0 Å². The fourth-order valence-electron chi connectivity index (χ4n) is 1.69. The molecular weight excluding hydrogens is 212 g/mol. The van der Waals surface area contributed by atoms with Crippen molar-refractivity contribution in [2.75, 3.05) is 11.4 Å². The molecule has 0 aliphatic carbocycles. The Labute approximate surface area is 94.1 Å². The number of carbonyl (C=O) groups is 1. The van der Waals surface area contributed by atoms with E-state index in [1.807, 2.05) is 19.9 Å². The third-order valence-electron chi connectivity index (χ3n) is 2.72. The van der Waals surface area contributed by atoms with Gasteiger partial charge in [0.2, 0.25) is 5.91 Å². The highest BCUT2D eigenvalue weighted by Crippen LogP contribution is 2.24. The molecule has 4 heteroatoms. The molecule has 0 spiro atoms. The number of amides is 1. The van der Waals surface area contributed by atoms with Crippen molar-refractivity contribution in [3.8, 4) is 0 Å². The van der Waals surface area contributed by atoms with Gasteiger partial charge in [0.05, 0.1) is 17.3 Å². The van der Waals surface area contributed by atoms with Crippen molar-refractivity contribution < 1.29 is 4.79 Å². The summed E-state index contributed by atoms with van der Waals surface area (Å²) >= 11 is 5.94. The van der Waals surface area contributed by atoms with Gasteiger partial charge in [-0.05, 0) is 25.5 Å². The van der Waals surface area contributed by atoms with Crippen LogP contribution < -0.4 is 4.90 Å². The zero-order valence-corrected chi connectivity index (χ0v) is 9.58. The standard InChI is InChI=1S/C11H13ClN2O/c1-7-3-10(5-13-8(7)2)14-6-9(12)4-11(14)15/h3,5,9H,4,6H2,1-2H3. The van der Waals surface area contributed by atoms with Crippen LogP contribution in [0, 0.1) is 13.8 Å². The van der Waals surface area contributed by atoms with Crippen molar-refractivity contribution in [3.05, 3.63) is 23.5 Å². The van der Waals surface area contributed by atoms with Gasteiger partial charge < -0.3 is 4.90 Å². The van der Waals surface area contributed by atoms with Crippen LogP contribution in [-0.4, -0.2) is 22.8 Å². The van der Waals surface area contributed by atoms with Crippen molar-refractivity contribution in [3.63, 3.8) is 0 Å². The zero-order valence-electron chi connectivity index (χ0n) is 8.83. The minimum Gasteiger partial charge on any atom is -0.309 e. The molecule has 1 unspecified atom stereocenters. The predicted octanol–water partition coefficient (Wildman–Crippen LogP) is 2.04. The van der Waals surface area contributed by atoms with Gasteiger partial charge in [-0.15, -0.1) is 11.6 Å². The molecule has 0 aromatic carbocycles. The fraction of sp³-hybridized carbons (Fsp3) is 0.455. The Morgan fingerprint density at radius 1 is 1.53 bits per heavy atom. The fourth-order valence-corrected chi connectivity index (χ4v) is 1.96. The van der Waals surface area contributed by atoms with Crippen LogP contribution in [0.5, 0.6) is 0 Å². The molecule has 0 saturated carbocycles. The number of aryl methyl sites for hydroxylation is 2. The summed E-state index contributed by atoms with van der Waals surface area (Å²) in [6.45, 7) is 4.53. The number of anilines is 1. The van der Waals surface area contributed by atoms with Gasteiger partial charge in [-0.1, -0.05) is 0 Å². The Morgan fingerprint density at radius 2 is 2.27 bits per heavy atom. The second-order valence-corrected chi connectivity index (χ2v) is 4.52. The van der Waals surface area contributed by atoms with Crippen molar-refractivity contribution in [1.29, 1.82) is 0 Å². The molecule has 1 fully saturated rings. The number of rotatable bonds is 1. The van der Waals surface area contributed by atoms with E-state index in [9.17, 15) is 4.79 Å². The largest absolute Gasteiger partial charge is 0.309 e.